The second-order valence-corrected chi connectivity index (χ2v) is 4.31. The topological polar surface area (TPSA) is 69.9 Å². The van der Waals surface area contributed by atoms with Gasteiger partial charge in [0.15, 0.2) is 0 Å². The van der Waals surface area contributed by atoms with Crippen LogP contribution < -0.4 is 0 Å². The molecule has 0 heterocycles. The van der Waals surface area contributed by atoms with Crippen molar-refractivity contribution in [3.63, 3.8) is 0 Å². The van der Waals surface area contributed by atoms with Crippen molar-refractivity contribution >= 4 is 0 Å². The van der Waals surface area contributed by atoms with Gasteiger partial charge >= 0.3 is 0 Å². The fourth-order valence-corrected chi connectivity index (χ4v) is 1.90. The standard InChI is InChI=1S/C11H22O4/c1-2-3-6-15-7-8-4-5-9(12)11(14)10(8)13/h8-14H,2-7H2,1H3. The molecule has 3 N–H and O–H groups in total. The fourth-order valence-electron chi connectivity index (χ4n) is 1.90. The van der Waals surface area contributed by atoms with E-state index in [0.29, 0.717) is 26.1 Å². The smallest absolute Gasteiger partial charge is 0.106 e. The van der Waals surface area contributed by atoms with Gasteiger partial charge in [-0.15, -0.1) is 0 Å². The fraction of sp³-hybridized carbons (Fsp3) is 1.00. The van der Waals surface area contributed by atoms with Gasteiger partial charge in [-0.3, -0.25) is 0 Å². The zero-order valence-electron chi connectivity index (χ0n) is 9.30. The molecule has 4 unspecified atom stereocenters. The van der Waals surface area contributed by atoms with Gasteiger partial charge in [0.25, 0.3) is 0 Å². The summed E-state index contributed by atoms with van der Waals surface area (Å²) in [4.78, 5) is 0. The molecule has 4 nitrogen and oxygen atoms in total. The minimum Gasteiger partial charge on any atom is -0.390 e. The van der Waals surface area contributed by atoms with Gasteiger partial charge in [-0.05, 0) is 19.3 Å². The molecule has 0 saturated heterocycles. The monoisotopic (exact) mass is 218 g/mol. The number of ether oxygens (including phenoxy) is 1. The van der Waals surface area contributed by atoms with Crippen LogP contribution in [-0.4, -0.2) is 46.8 Å². The largest absolute Gasteiger partial charge is 0.390 e. The van der Waals surface area contributed by atoms with Gasteiger partial charge in [-0.1, -0.05) is 13.3 Å². The van der Waals surface area contributed by atoms with Crippen LogP contribution in [0.2, 0.25) is 0 Å². The minimum atomic E-state index is -1.02. The molecule has 90 valence electrons. The molecular weight excluding hydrogens is 196 g/mol. The molecule has 0 aromatic rings. The normalized spacial score (nSPS) is 36.8. The summed E-state index contributed by atoms with van der Waals surface area (Å²) in [5.41, 5.74) is 0. The highest BCUT2D eigenvalue weighted by molar-refractivity contribution is 4.86. The van der Waals surface area contributed by atoms with Crippen molar-refractivity contribution in [3.8, 4) is 0 Å². The van der Waals surface area contributed by atoms with Crippen LogP contribution in [0.25, 0.3) is 0 Å². The van der Waals surface area contributed by atoms with Crippen LogP contribution in [0.15, 0.2) is 0 Å². The molecule has 4 heteroatoms. The Bertz CT molecular complexity index is 174. The molecule has 1 rings (SSSR count). The van der Waals surface area contributed by atoms with E-state index in [9.17, 15) is 15.3 Å². The second-order valence-electron chi connectivity index (χ2n) is 4.31. The van der Waals surface area contributed by atoms with Crippen molar-refractivity contribution < 1.29 is 20.1 Å². The molecule has 0 aromatic heterocycles. The van der Waals surface area contributed by atoms with Crippen molar-refractivity contribution in [3.05, 3.63) is 0 Å². The molecule has 0 aromatic carbocycles. The SMILES string of the molecule is CCCCOCC1CCC(O)C(O)C1O. The lowest BCUT2D eigenvalue weighted by Gasteiger charge is -2.34. The van der Waals surface area contributed by atoms with Gasteiger partial charge in [0, 0.05) is 12.5 Å². The lowest BCUT2D eigenvalue weighted by atomic mass is 9.83. The lowest BCUT2D eigenvalue weighted by molar-refractivity contribution is -0.123. The molecule has 0 amide bonds. The van der Waals surface area contributed by atoms with Gasteiger partial charge in [0.2, 0.25) is 0 Å². The van der Waals surface area contributed by atoms with Crippen LogP contribution >= 0.6 is 0 Å². The summed E-state index contributed by atoms with van der Waals surface area (Å²) >= 11 is 0. The van der Waals surface area contributed by atoms with E-state index in [4.69, 9.17) is 4.74 Å². The third kappa shape index (κ3) is 3.72. The van der Waals surface area contributed by atoms with Crippen LogP contribution in [-0.2, 0) is 4.74 Å². The van der Waals surface area contributed by atoms with Gasteiger partial charge < -0.3 is 20.1 Å². The van der Waals surface area contributed by atoms with Gasteiger partial charge in [0.05, 0.1) is 18.8 Å². The zero-order chi connectivity index (χ0) is 11.3. The molecule has 0 aliphatic heterocycles. The average molecular weight is 218 g/mol. The highest BCUT2D eigenvalue weighted by Gasteiger charge is 2.36. The maximum Gasteiger partial charge on any atom is 0.106 e. The number of aliphatic hydroxyl groups is 3. The van der Waals surface area contributed by atoms with Crippen molar-refractivity contribution in [2.24, 2.45) is 5.92 Å². The van der Waals surface area contributed by atoms with E-state index in [-0.39, 0.29) is 5.92 Å². The first-order valence-electron chi connectivity index (χ1n) is 5.78. The number of rotatable bonds is 5. The first kappa shape index (κ1) is 12.9. The predicted molar refractivity (Wildman–Crippen MR) is 56.5 cm³/mol. The molecule has 1 aliphatic rings. The lowest BCUT2D eigenvalue weighted by Crippen LogP contribution is -2.47. The molecule has 15 heavy (non-hydrogen) atoms. The summed E-state index contributed by atoms with van der Waals surface area (Å²) in [6.07, 6.45) is 0.717. The average Bonchev–Trinajstić information content (AvgIpc) is 2.24. The molecule has 0 spiro atoms. The van der Waals surface area contributed by atoms with E-state index in [1.807, 2.05) is 0 Å². The number of hydrogen-bond acceptors (Lipinski definition) is 4. The van der Waals surface area contributed by atoms with Crippen LogP contribution in [0.1, 0.15) is 32.6 Å². The number of unbranched alkanes of at least 4 members (excludes halogenated alkanes) is 1. The Morgan fingerprint density at radius 1 is 1.13 bits per heavy atom. The number of aliphatic hydroxyl groups excluding tert-OH is 3. The van der Waals surface area contributed by atoms with Crippen LogP contribution in [0.4, 0.5) is 0 Å². The molecule has 1 fully saturated rings. The second kappa shape index (κ2) is 6.43. The predicted octanol–water partition coefficient (Wildman–Crippen LogP) is 0.296. The van der Waals surface area contributed by atoms with Gasteiger partial charge in [-0.2, -0.15) is 0 Å². The van der Waals surface area contributed by atoms with E-state index in [0.717, 1.165) is 12.8 Å². The first-order valence-corrected chi connectivity index (χ1v) is 5.78. The Morgan fingerprint density at radius 2 is 1.87 bits per heavy atom. The van der Waals surface area contributed by atoms with Crippen LogP contribution in [0, 0.1) is 5.92 Å². The summed E-state index contributed by atoms with van der Waals surface area (Å²) in [5.74, 6) is -0.0414. The Kier molecular flexibility index (Phi) is 5.53. The summed E-state index contributed by atoms with van der Waals surface area (Å²) < 4.78 is 5.41. The van der Waals surface area contributed by atoms with E-state index >= 15 is 0 Å². The van der Waals surface area contributed by atoms with Crippen LogP contribution in [0.5, 0.6) is 0 Å². The van der Waals surface area contributed by atoms with Gasteiger partial charge in [0.1, 0.15) is 6.10 Å². The van der Waals surface area contributed by atoms with Crippen LogP contribution in [0.3, 0.4) is 0 Å². The Morgan fingerprint density at radius 3 is 2.53 bits per heavy atom. The maximum absolute atomic E-state index is 9.67. The Labute approximate surface area is 90.9 Å². The maximum atomic E-state index is 9.67. The van der Waals surface area contributed by atoms with Crippen molar-refractivity contribution in [2.45, 2.75) is 50.9 Å². The Hall–Kier alpha value is -0.160. The van der Waals surface area contributed by atoms with Crippen molar-refractivity contribution in [1.29, 1.82) is 0 Å². The van der Waals surface area contributed by atoms with E-state index in [1.165, 1.54) is 0 Å². The van der Waals surface area contributed by atoms with E-state index < -0.39 is 18.3 Å². The third-order valence-corrected chi connectivity index (χ3v) is 3.03. The molecule has 0 bridgehead atoms. The van der Waals surface area contributed by atoms with Crippen molar-refractivity contribution in [2.75, 3.05) is 13.2 Å². The molecule has 0 radical (unpaired) electrons. The van der Waals surface area contributed by atoms with Crippen molar-refractivity contribution in [1.82, 2.24) is 0 Å². The molecule has 4 atom stereocenters. The summed E-state index contributed by atoms with van der Waals surface area (Å²) in [5, 5.41) is 28.5. The zero-order valence-corrected chi connectivity index (χ0v) is 9.30. The highest BCUT2D eigenvalue weighted by atomic mass is 16.5. The molecule has 1 aliphatic carbocycles. The summed E-state index contributed by atoms with van der Waals surface area (Å²) in [7, 11) is 0. The minimum absolute atomic E-state index is 0.0414. The molecular formula is C11H22O4. The first-order chi connectivity index (χ1) is 7.16. The van der Waals surface area contributed by atoms with Gasteiger partial charge in [-0.25, -0.2) is 0 Å². The summed E-state index contributed by atoms with van der Waals surface area (Å²) in [6.45, 7) is 3.28. The highest BCUT2D eigenvalue weighted by Crippen LogP contribution is 2.25. The number of hydrogen-bond donors (Lipinski definition) is 3. The summed E-state index contributed by atoms with van der Waals surface area (Å²) in [6, 6.07) is 0. The quantitative estimate of drug-likeness (QED) is 0.580. The van der Waals surface area contributed by atoms with E-state index in [2.05, 4.69) is 6.92 Å². The molecule has 1 saturated carbocycles. The van der Waals surface area contributed by atoms with E-state index in [1.54, 1.807) is 0 Å². The Balaban J connectivity index is 2.23. The third-order valence-electron chi connectivity index (χ3n) is 3.03.